The lowest BCUT2D eigenvalue weighted by molar-refractivity contribution is 0.684. The van der Waals surface area contributed by atoms with Crippen LogP contribution in [-0.2, 0) is 0 Å². The lowest BCUT2D eigenvalue weighted by Crippen LogP contribution is -1.78. The van der Waals surface area contributed by atoms with Crippen molar-refractivity contribution in [1.29, 1.82) is 0 Å². The normalized spacial score (nSPS) is 11.6. The van der Waals surface area contributed by atoms with E-state index < -0.39 is 0 Å². The first kappa shape index (κ1) is 10.5. The van der Waals surface area contributed by atoms with Gasteiger partial charge in [-0.3, -0.25) is 0 Å². The number of hydrogen-bond acceptors (Lipinski definition) is 0. The molecule has 0 aromatic heterocycles. The minimum absolute atomic E-state index is 1.18. The first-order chi connectivity index (χ1) is 5.31. The third kappa shape index (κ3) is 7.38. The molecule has 11 heavy (non-hydrogen) atoms. The first-order valence-electron chi connectivity index (χ1n) is 4.54. The summed E-state index contributed by atoms with van der Waals surface area (Å²) in [7, 11) is 0. The molecule has 0 N–H and O–H groups in total. The van der Waals surface area contributed by atoms with Gasteiger partial charge in [0.15, 0.2) is 0 Å². The fraction of sp³-hybridized carbons (Fsp3) is 0.636. The largest absolute Gasteiger partial charge is 0.103 e. The van der Waals surface area contributed by atoms with Crippen LogP contribution >= 0.6 is 0 Å². The number of hydrogen-bond donors (Lipinski definition) is 0. The van der Waals surface area contributed by atoms with Crippen molar-refractivity contribution >= 4 is 0 Å². The van der Waals surface area contributed by atoms with Crippen LogP contribution < -0.4 is 0 Å². The minimum Gasteiger partial charge on any atom is -0.103 e. The molecule has 0 bridgehead atoms. The highest BCUT2D eigenvalue weighted by molar-refractivity contribution is 4.94. The van der Waals surface area contributed by atoms with Gasteiger partial charge in [0.05, 0.1) is 0 Å². The van der Waals surface area contributed by atoms with Gasteiger partial charge in [-0.05, 0) is 39.5 Å². The monoisotopic (exact) mass is 152 g/mol. The third-order valence-corrected chi connectivity index (χ3v) is 1.97. The van der Waals surface area contributed by atoms with Crippen LogP contribution in [0, 0.1) is 0 Å². The summed E-state index contributed by atoms with van der Waals surface area (Å²) in [4.78, 5) is 0. The highest BCUT2D eigenvalue weighted by Gasteiger charge is 1.88. The molecule has 0 saturated heterocycles. The molecular formula is C11H20. The molecule has 0 spiro atoms. The molecule has 0 heterocycles. The predicted octanol–water partition coefficient (Wildman–Crippen LogP) is 4.09. The van der Waals surface area contributed by atoms with Crippen LogP contribution in [0.4, 0.5) is 0 Å². The highest BCUT2D eigenvalue weighted by Crippen LogP contribution is 2.08. The van der Waals surface area contributed by atoms with Crippen molar-refractivity contribution in [2.24, 2.45) is 0 Å². The van der Waals surface area contributed by atoms with Crippen LogP contribution in [0.2, 0.25) is 0 Å². The Labute approximate surface area is 71.0 Å². The van der Waals surface area contributed by atoms with Gasteiger partial charge < -0.3 is 0 Å². The molecule has 0 fully saturated rings. The van der Waals surface area contributed by atoms with E-state index >= 15 is 0 Å². The van der Waals surface area contributed by atoms with E-state index in [1.807, 2.05) is 6.08 Å². The van der Waals surface area contributed by atoms with Crippen LogP contribution in [0.1, 0.15) is 46.0 Å². The lowest BCUT2D eigenvalue weighted by atomic mass is 10.1. The molecule has 0 nitrogen and oxygen atoms in total. The summed E-state index contributed by atoms with van der Waals surface area (Å²) in [5, 5.41) is 0. The Balaban J connectivity index is 3.08. The van der Waals surface area contributed by atoms with E-state index in [1.165, 1.54) is 37.7 Å². The van der Waals surface area contributed by atoms with Crippen molar-refractivity contribution < 1.29 is 0 Å². The zero-order valence-electron chi connectivity index (χ0n) is 7.90. The van der Waals surface area contributed by atoms with Gasteiger partial charge in [0.2, 0.25) is 0 Å². The minimum atomic E-state index is 1.18. The van der Waals surface area contributed by atoms with E-state index in [1.54, 1.807) is 0 Å². The summed E-state index contributed by atoms with van der Waals surface area (Å²) in [6.07, 6.45) is 10.6. The fourth-order valence-corrected chi connectivity index (χ4v) is 1.01. The molecule has 0 saturated carbocycles. The molecule has 0 aromatic rings. The molecule has 64 valence electrons. The molecule has 0 aliphatic rings. The number of rotatable bonds is 6. The van der Waals surface area contributed by atoms with Crippen molar-refractivity contribution in [2.75, 3.05) is 0 Å². The lowest BCUT2D eigenvalue weighted by Gasteiger charge is -1.98. The van der Waals surface area contributed by atoms with Crippen molar-refractivity contribution in [2.45, 2.75) is 46.0 Å². The van der Waals surface area contributed by atoms with Crippen LogP contribution in [0.5, 0.6) is 0 Å². The molecule has 0 heteroatoms. The topological polar surface area (TPSA) is 0 Å². The maximum Gasteiger partial charge on any atom is -0.0323 e. The van der Waals surface area contributed by atoms with Crippen LogP contribution in [0.15, 0.2) is 24.3 Å². The Kier molecular flexibility index (Phi) is 7.23. The average molecular weight is 152 g/mol. The molecule has 0 aromatic carbocycles. The summed E-state index contributed by atoms with van der Waals surface area (Å²) in [6.45, 7) is 8.01. The van der Waals surface area contributed by atoms with E-state index in [9.17, 15) is 0 Å². The number of unbranched alkanes of at least 4 members (excludes halogenated alkanes) is 3. The zero-order chi connectivity index (χ0) is 8.53. The highest BCUT2D eigenvalue weighted by atomic mass is 13.9. The van der Waals surface area contributed by atoms with Gasteiger partial charge in [0.25, 0.3) is 0 Å². The third-order valence-electron chi connectivity index (χ3n) is 1.97. The van der Waals surface area contributed by atoms with E-state index in [4.69, 9.17) is 0 Å². The first-order valence-corrected chi connectivity index (χ1v) is 4.54. The zero-order valence-corrected chi connectivity index (χ0v) is 7.90. The Hall–Kier alpha value is -0.520. The summed E-state index contributed by atoms with van der Waals surface area (Å²) < 4.78 is 0. The van der Waals surface area contributed by atoms with Crippen molar-refractivity contribution in [3.63, 3.8) is 0 Å². The fourth-order valence-electron chi connectivity index (χ4n) is 1.01. The van der Waals surface area contributed by atoms with Gasteiger partial charge in [-0.1, -0.05) is 24.1 Å². The molecule has 0 aliphatic carbocycles. The summed E-state index contributed by atoms with van der Waals surface area (Å²) >= 11 is 0. The predicted molar refractivity (Wildman–Crippen MR) is 52.7 cm³/mol. The van der Waals surface area contributed by atoms with E-state index in [0.29, 0.717) is 0 Å². The maximum absolute atomic E-state index is 3.70. The van der Waals surface area contributed by atoms with Gasteiger partial charge in [0.1, 0.15) is 0 Å². The molecule has 0 unspecified atom stereocenters. The molecule has 0 rings (SSSR count). The standard InChI is InChI=1S/C11H20/c1-4-6-7-8-9-10-11(3)5-2/h4-5H,1,6-10H2,2-3H3/b11-5-. The summed E-state index contributed by atoms with van der Waals surface area (Å²) in [6, 6.07) is 0. The van der Waals surface area contributed by atoms with Crippen molar-refractivity contribution in [3.05, 3.63) is 24.3 Å². The molecule has 0 amide bonds. The van der Waals surface area contributed by atoms with Crippen LogP contribution in [0.25, 0.3) is 0 Å². The SMILES string of the molecule is C=CCCCCC/C(C)=C\C. The van der Waals surface area contributed by atoms with Gasteiger partial charge in [-0.25, -0.2) is 0 Å². The van der Waals surface area contributed by atoms with Crippen LogP contribution in [-0.4, -0.2) is 0 Å². The second-order valence-corrected chi connectivity index (χ2v) is 3.02. The van der Waals surface area contributed by atoms with Crippen LogP contribution in [0.3, 0.4) is 0 Å². The maximum atomic E-state index is 3.70. The van der Waals surface area contributed by atoms with Gasteiger partial charge in [-0.2, -0.15) is 0 Å². The van der Waals surface area contributed by atoms with Gasteiger partial charge >= 0.3 is 0 Å². The average Bonchev–Trinajstić information content (AvgIpc) is 2.04. The van der Waals surface area contributed by atoms with Crippen molar-refractivity contribution in [1.82, 2.24) is 0 Å². The van der Waals surface area contributed by atoms with E-state index in [0.717, 1.165) is 0 Å². The second-order valence-electron chi connectivity index (χ2n) is 3.02. The Morgan fingerprint density at radius 3 is 2.55 bits per heavy atom. The van der Waals surface area contributed by atoms with E-state index in [2.05, 4.69) is 26.5 Å². The number of allylic oxidation sites excluding steroid dienone is 3. The Morgan fingerprint density at radius 2 is 2.00 bits per heavy atom. The summed E-state index contributed by atoms with van der Waals surface area (Å²) in [5.41, 5.74) is 1.52. The van der Waals surface area contributed by atoms with Crippen molar-refractivity contribution in [3.8, 4) is 0 Å². The van der Waals surface area contributed by atoms with E-state index in [-0.39, 0.29) is 0 Å². The quantitative estimate of drug-likeness (QED) is 0.397. The molecule has 0 radical (unpaired) electrons. The molecular weight excluding hydrogens is 132 g/mol. The molecule has 0 aliphatic heterocycles. The Bertz CT molecular complexity index is 120. The Morgan fingerprint density at radius 1 is 1.27 bits per heavy atom. The molecule has 0 atom stereocenters. The smallest absolute Gasteiger partial charge is 0.0323 e. The van der Waals surface area contributed by atoms with Gasteiger partial charge in [0, 0.05) is 0 Å². The summed E-state index contributed by atoms with van der Waals surface area (Å²) in [5.74, 6) is 0. The van der Waals surface area contributed by atoms with Gasteiger partial charge in [-0.15, -0.1) is 6.58 Å². The second kappa shape index (κ2) is 7.59.